The Kier molecular flexibility index (Phi) is 5.32. The van der Waals surface area contributed by atoms with Crippen molar-refractivity contribution >= 4 is 21.7 Å². The summed E-state index contributed by atoms with van der Waals surface area (Å²) >= 11 is 0. The molecule has 2 nitrogen and oxygen atoms in total. The first-order chi connectivity index (χ1) is 16.4. The van der Waals surface area contributed by atoms with Crippen LogP contribution in [0.1, 0.15) is 99.5 Å². The third kappa shape index (κ3) is 3.76. The van der Waals surface area contributed by atoms with Crippen LogP contribution in [0.3, 0.4) is 0 Å². The maximum Gasteiger partial charge on any atom is 0.143 e. The lowest BCUT2D eigenvalue weighted by atomic mass is 9.71. The largest absolute Gasteiger partial charge is 0.460 e. The highest BCUT2D eigenvalue weighted by Gasteiger charge is 2.28. The average Bonchev–Trinajstić information content (AvgIpc) is 3.45. The van der Waals surface area contributed by atoms with Gasteiger partial charge in [0.15, 0.2) is 0 Å². The molecule has 0 spiro atoms. The second-order valence-corrected chi connectivity index (χ2v) is 11.8. The fourth-order valence-corrected chi connectivity index (χ4v) is 6.78. The molecule has 2 aliphatic carbocycles. The van der Waals surface area contributed by atoms with Crippen LogP contribution in [0.15, 0.2) is 47.0 Å². The maximum absolute atomic E-state index is 6.50. The van der Waals surface area contributed by atoms with Gasteiger partial charge < -0.3 is 4.42 Å². The van der Waals surface area contributed by atoms with Crippen LogP contribution < -0.4 is 0 Å². The normalized spacial score (nSPS) is 19.4. The predicted molar refractivity (Wildman–Crippen MR) is 143 cm³/mol. The van der Waals surface area contributed by atoms with Gasteiger partial charge in [0, 0.05) is 28.1 Å². The molecule has 2 heterocycles. The molecule has 34 heavy (non-hydrogen) atoms. The Morgan fingerprint density at radius 2 is 1.62 bits per heavy atom. The summed E-state index contributed by atoms with van der Waals surface area (Å²) in [5.41, 5.74) is 7.92. The standard InChI is InChI=1S/C32H37NO/c1-20-17-27-29(23-7-5-6-8-23)21(2)34-31(27)28(18-20)30-26-10-9-24(19-25(26)13-16-33-30)22-11-14-32(3,4)15-12-22/h9-10,13,16-19,22-23H,5-8,11-12,14-15H2,1-4H3. The zero-order chi connectivity index (χ0) is 23.4. The average molecular weight is 452 g/mol. The monoisotopic (exact) mass is 451 g/mol. The molecule has 0 amide bonds. The van der Waals surface area contributed by atoms with E-state index in [1.807, 2.05) is 6.20 Å². The summed E-state index contributed by atoms with van der Waals surface area (Å²) in [6, 6.07) is 13.9. The summed E-state index contributed by atoms with van der Waals surface area (Å²) in [5.74, 6) is 2.41. The third-order valence-electron chi connectivity index (χ3n) is 8.78. The molecule has 2 aliphatic rings. The summed E-state index contributed by atoms with van der Waals surface area (Å²) < 4.78 is 6.50. The van der Waals surface area contributed by atoms with Crippen LogP contribution >= 0.6 is 0 Å². The molecule has 0 unspecified atom stereocenters. The van der Waals surface area contributed by atoms with Crippen LogP contribution in [-0.4, -0.2) is 4.98 Å². The smallest absolute Gasteiger partial charge is 0.143 e. The Morgan fingerprint density at radius 3 is 2.38 bits per heavy atom. The van der Waals surface area contributed by atoms with Gasteiger partial charge in [-0.1, -0.05) is 44.9 Å². The van der Waals surface area contributed by atoms with Gasteiger partial charge in [0.1, 0.15) is 11.3 Å². The molecule has 2 heteroatoms. The predicted octanol–water partition coefficient (Wildman–Crippen LogP) is 9.61. The lowest BCUT2D eigenvalue weighted by Gasteiger charge is -2.34. The fourth-order valence-electron chi connectivity index (χ4n) is 6.78. The van der Waals surface area contributed by atoms with Gasteiger partial charge in [-0.3, -0.25) is 4.98 Å². The molecule has 176 valence electrons. The topological polar surface area (TPSA) is 26.0 Å². The molecule has 2 fully saturated rings. The number of furan rings is 1. The van der Waals surface area contributed by atoms with Crippen molar-refractivity contribution < 1.29 is 4.42 Å². The first-order valence-corrected chi connectivity index (χ1v) is 13.3. The summed E-state index contributed by atoms with van der Waals surface area (Å²) in [5, 5.41) is 3.83. The van der Waals surface area contributed by atoms with E-state index in [1.165, 1.54) is 84.2 Å². The number of hydrogen-bond acceptors (Lipinski definition) is 2. The molecule has 2 saturated carbocycles. The molecular formula is C32H37NO. The van der Waals surface area contributed by atoms with E-state index < -0.39 is 0 Å². The first-order valence-electron chi connectivity index (χ1n) is 13.3. The van der Waals surface area contributed by atoms with Crippen molar-refractivity contribution in [2.24, 2.45) is 5.41 Å². The van der Waals surface area contributed by atoms with Crippen LogP contribution in [0.4, 0.5) is 0 Å². The van der Waals surface area contributed by atoms with E-state index in [-0.39, 0.29) is 0 Å². The highest BCUT2D eigenvalue weighted by Crippen LogP contribution is 2.45. The SMILES string of the molecule is Cc1cc(-c2nccc3cc(C4CCC(C)(C)CC4)ccc23)c2oc(C)c(C3CCCC3)c2c1. The Bertz CT molecular complexity index is 1360. The Labute approximate surface area is 203 Å². The second-order valence-electron chi connectivity index (χ2n) is 11.8. The maximum atomic E-state index is 6.50. The number of benzene rings is 2. The van der Waals surface area contributed by atoms with Crippen LogP contribution in [-0.2, 0) is 0 Å². The van der Waals surface area contributed by atoms with E-state index >= 15 is 0 Å². The quantitative estimate of drug-likeness (QED) is 0.310. The number of rotatable bonds is 3. The van der Waals surface area contributed by atoms with Crippen LogP contribution in [0, 0.1) is 19.3 Å². The van der Waals surface area contributed by atoms with Crippen molar-refractivity contribution in [2.75, 3.05) is 0 Å². The van der Waals surface area contributed by atoms with Crippen molar-refractivity contribution in [3.05, 3.63) is 65.0 Å². The summed E-state index contributed by atoms with van der Waals surface area (Å²) in [7, 11) is 0. The molecular weight excluding hydrogens is 414 g/mol. The summed E-state index contributed by atoms with van der Waals surface area (Å²) in [6.45, 7) is 9.19. The molecule has 0 N–H and O–H groups in total. The zero-order valence-electron chi connectivity index (χ0n) is 21.2. The van der Waals surface area contributed by atoms with Crippen LogP contribution in [0.5, 0.6) is 0 Å². The lowest BCUT2D eigenvalue weighted by molar-refractivity contribution is 0.224. The van der Waals surface area contributed by atoms with Crippen LogP contribution in [0.25, 0.3) is 33.0 Å². The highest BCUT2D eigenvalue weighted by molar-refractivity contribution is 6.03. The van der Waals surface area contributed by atoms with Gasteiger partial charge in [-0.15, -0.1) is 0 Å². The first kappa shape index (κ1) is 21.9. The number of aryl methyl sites for hydroxylation is 2. The van der Waals surface area contributed by atoms with Gasteiger partial charge in [-0.25, -0.2) is 0 Å². The Hall–Kier alpha value is -2.61. The number of fused-ring (bicyclic) bond motifs is 2. The molecule has 0 bridgehead atoms. The van der Waals surface area contributed by atoms with Gasteiger partial charge in [0.2, 0.25) is 0 Å². The molecule has 2 aromatic heterocycles. The molecule has 4 aromatic rings. The van der Waals surface area contributed by atoms with E-state index in [9.17, 15) is 0 Å². The number of hydrogen-bond donors (Lipinski definition) is 0. The Morgan fingerprint density at radius 1 is 0.853 bits per heavy atom. The third-order valence-corrected chi connectivity index (χ3v) is 8.78. The Balaban J connectivity index is 1.45. The van der Waals surface area contributed by atoms with Crippen molar-refractivity contribution in [3.8, 4) is 11.3 Å². The van der Waals surface area contributed by atoms with Crippen molar-refractivity contribution in [1.29, 1.82) is 0 Å². The van der Waals surface area contributed by atoms with Gasteiger partial charge in [-0.05, 0) is 104 Å². The van der Waals surface area contributed by atoms with Crippen molar-refractivity contribution in [1.82, 2.24) is 4.98 Å². The van der Waals surface area contributed by atoms with Gasteiger partial charge in [0.25, 0.3) is 0 Å². The van der Waals surface area contributed by atoms with E-state index in [0.29, 0.717) is 17.3 Å². The van der Waals surface area contributed by atoms with Crippen LogP contribution in [0.2, 0.25) is 0 Å². The molecule has 0 atom stereocenters. The van der Waals surface area contributed by atoms with E-state index in [4.69, 9.17) is 9.40 Å². The zero-order valence-corrected chi connectivity index (χ0v) is 21.2. The van der Waals surface area contributed by atoms with Gasteiger partial charge >= 0.3 is 0 Å². The molecule has 6 rings (SSSR count). The second kappa shape index (κ2) is 8.26. The van der Waals surface area contributed by atoms with Gasteiger partial charge in [0.05, 0.1) is 5.69 Å². The number of aromatic nitrogens is 1. The number of nitrogens with zero attached hydrogens (tertiary/aromatic N) is 1. The van der Waals surface area contributed by atoms with E-state index in [2.05, 4.69) is 64.1 Å². The lowest BCUT2D eigenvalue weighted by Crippen LogP contribution is -2.20. The van der Waals surface area contributed by atoms with Gasteiger partial charge in [-0.2, -0.15) is 0 Å². The van der Waals surface area contributed by atoms with Crippen molar-refractivity contribution in [3.63, 3.8) is 0 Å². The minimum absolute atomic E-state index is 0.500. The van der Waals surface area contributed by atoms with E-state index in [1.54, 1.807) is 0 Å². The van der Waals surface area contributed by atoms with E-state index in [0.717, 1.165) is 22.6 Å². The molecule has 0 aliphatic heterocycles. The minimum atomic E-state index is 0.500. The minimum Gasteiger partial charge on any atom is -0.460 e. The molecule has 2 aromatic carbocycles. The molecule has 0 radical (unpaired) electrons. The fraction of sp³-hybridized carbons (Fsp3) is 0.469. The highest BCUT2D eigenvalue weighted by atomic mass is 16.3. The molecule has 0 saturated heterocycles. The summed E-state index contributed by atoms with van der Waals surface area (Å²) in [6.07, 6.45) is 12.4. The summed E-state index contributed by atoms with van der Waals surface area (Å²) in [4.78, 5) is 4.91. The van der Waals surface area contributed by atoms with Crippen molar-refractivity contribution in [2.45, 2.75) is 90.9 Å². The number of pyridine rings is 1.